The molecule has 0 bridgehead atoms. The topological polar surface area (TPSA) is 91.1 Å². The van der Waals surface area contributed by atoms with E-state index in [0.717, 1.165) is 0 Å². The van der Waals surface area contributed by atoms with Crippen LogP contribution in [0.15, 0.2) is 30.5 Å². The molecule has 0 saturated carbocycles. The molecule has 8 heteroatoms. The van der Waals surface area contributed by atoms with Gasteiger partial charge in [-0.25, -0.2) is 9.97 Å². The Hall–Kier alpha value is -2.85. The Morgan fingerprint density at radius 2 is 2.17 bits per heavy atom. The maximum absolute atomic E-state index is 11.8. The van der Waals surface area contributed by atoms with E-state index >= 15 is 0 Å². The normalized spacial score (nSPS) is 9.83. The molecule has 23 heavy (non-hydrogen) atoms. The van der Waals surface area contributed by atoms with Gasteiger partial charge in [-0.1, -0.05) is 11.6 Å². The molecular weight excluding hydrogens is 318 g/mol. The maximum Gasteiger partial charge on any atom is 0.263 e. The number of nitrogens with zero attached hydrogens (tertiary/aromatic N) is 4. The van der Waals surface area contributed by atoms with Crippen molar-refractivity contribution in [2.45, 2.75) is 0 Å². The summed E-state index contributed by atoms with van der Waals surface area (Å²) in [6, 6.07) is 8.45. The molecule has 0 radical (unpaired) electrons. The number of anilines is 2. The van der Waals surface area contributed by atoms with Crippen molar-refractivity contribution in [2.24, 2.45) is 0 Å². The third-order valence-electron chi connectivity index (χ3n) is 2.76. The van der Waals surface area contributed by atoms with Crippen molar-refractivity contribution in [3.63, 3.8) is 0 Å². The summed E-state index contributed by atoms with van der Waals surface area (Å²) in [7, 11) is 3.63. The number of ether oxygens (including phenoxy) is 1. The smallest absolute Gasteiger partial charge is 0.263 e. The van der Waals surface area contributed by atoms with Gasteiger partial charge in [0, 0.05) is 20.3 Å². The Bertz CT molecular complexity index is 741. The van der Waals surface area contributed by atoms with Gasteiger partial charge in [-0.05, 0) is 24.3 Å². The molecule has 2 rings (SSSR count). The van der Waals surface area contributed by atoms with Gasteiger partial charge in [0.1, 0.15) is 17.7 Å². The number of hydrogen-bond acceptors (Lipinski definition) is 6. The number of nitrogens with one attached hydrogen (secondary N) is 1. The molecule has 0 atom stereocenters. The van der Waals surface area contributed by atoms with Gasteiger partial charge in [0.2, 0.25) is 0 Å². The summed E-state index contributed by atoms with van der Waals surface area (Å²) < 4.78 is 5.35. The number of pyridine rings is 2. The van der Waals surface area contributed by atoms with Crippen LogP contribution in [0.1, 0.15) is 5.69 Å². The highest BCUT2D eigenvalue weighted by molar-refractivity contribution is 6.30. The van der Waals surface area contributed by atoms with Gasteiger partial charge in [-0.15, -0.1) is 0 Å². The van der Waals surface area contributed by atoms with E-state index in [-0.39, 0.29) is 18.1 Å². The molecule has 0 aliphatic carbocycles. The first-order chi connectivity index (χ1) is 11.0. The van der Waals surface area contributed by atoms with Crippen molar-refractivity contribution in [1.82, 2.24) is 9.97 Å². The van der Waals surface area contributed by atoms with Gasteiger partial charge in [-0.3, -0.25) is 4.79 Å². The van der Waals surface area contributed by atoms with Crippen LogP contribution in [-0.2, 0) is 4.79 Å². The monoisotopic (exact) mass is 331 g/mol. The van der Waals surface area contributed by atoms with Crippen molar-refractivity contribution in [2.75, 3.05) is 30.9 Å². The van der Waals surface area contributed by atoms with Crippen molar-refractivity contribution in [3.05, 3.63) is 41.2 Å². The summed E-state index contributed by atoms with van der Waals surface area (Å²) in [5.74, 6) is 0.839. The fraction of sp³-hybridized carbons (Fsp3) is 0.200. The van der Waals surface area contributed by atoms with E-state index in [1.807, 2.05) is 20.2 Å². The summed E-state index contributed by atoms with van der Waals surface area (Å²) in [5, 5.41) is 12.2. The Balaban J connectivity index is 1.99. The molecule has 2 heterocycles. The summed E-state index contributed by atoms with van der Waals surface area (Å²) >= 11 is 5.72. The van der Waals surface area contributed by atoms with Crippen molar-refractivity contribution < 1.29 is 9.53 Å². The van der Waals surface area contributed by atoms with E-state index in [1.54, 1.807) is 29.2 Å². The second-order valence-electron chi connectivity index (χ2n) is 4.72. The van der Waals surface area contributed by atoms with E-state index in [0.29, 0.717) is 16.7 Å². The van der Waals surface area contributed by atoms with Crippen LogP contribution in [0.2, 0.25) is 5.02 Å². The van der Waals surface area contributed by atoms with E-state index in [4.69, 9.17) is 21.6 Å². The second kappa shape index (κ2) is 7.42. The van der Waals surface area contributed by atoms with Crippen LogP contribution in [0.3, 0.4) is 0 Å². The van der Waals surface area contributed by atoms with Crippen LogP contribution in [0.5, 0.6) is 5.75 Å². The standard InChI is InChI=1S/C15H14ClN5O2/c1-21(2)14-6-4-12(11(7-17)19-14)23-9-15(22)20-13-5-3-10(16)8-18-13/h3-6,8H,9H2,1-2H3,(H,18,20,22). The average molecular weight is 332 g/mol. The average Bonchev–Trinajstić information content (AvgIpc) is 2.54. The highest BCUT2D eigenvalue weighted by atomic mass is 35.5. The fourth-order valence-electron chi connectivity index (χ4n) is 1.65. The minimum absolute atomic E-state index is 0.119. The number of nitriles is 1. The number of hydrogen-bond donors (Lipinski definition) is 1. The van der Waals surface area contributed by atoms with Crippen LogP contribution in [0, 0.1) is 11.3 Å². The van der Waals surface area contributed by atoms with Gasteiger partial charge < -0.3 is 15.0 Å². The zero-order valence-electron chi connectivity index (χ0n) is 12.6. The minimum atomic E-state index is -0.402. The number of halogens is 1. The first-order valence-electron chi connectivity index (χ1n) is 6.62. The van der Waals surface area contributed by atoms with Gasteiger partial charge in [0.25, 0.3) is 5.91 Å². The number of amides is 1. The summed E-state index contributed by atoms with van der Waals surface area (Å²) in [5.41, 5.74) is 0.119. The molecule has 0 aliphatic rings. The lowest BCUT2D eigenvalue weighted by molar-refractivity contribution is -0.118. The third-order valence-corrected chi connectivity index (χ3v) is 2.98. The minimum Gasteiger partial charge on any atom is -0.481 e. The van der Waals surface area contributed by atoms with Crippen molar-refractivity contribution >= 4 is 29.1 Å². The lowest BCUT2D eigenvalue weighted by Crippen LogP contribution is -2.21. The van der Waals surface area contributed by atoms with Crippen LogP contribution in [0.4, 0.5) is 11.6 Å². The van der Waals surface area contributed by atoms with Gasteiger partial charge >= 0.3 is 0 Å². The van der Waals surface area contributed by atoms with Crippen molar-refractivity contribution in [1.29, 1.82) is 5.26 Å². The predicted molar refractivity (Wildman–Crippen MR) is 86.7 cm³/mol. The molecular formula is C15H14ClN5O2. The van der Waals surface area contributed by atoms with Crippen molar-refractivity contribution in [3.8, 4) is 11.8 Å². The third kappa shape index (κ3) is 4.56. The predicted octanol–water partition coefficient (Wildman–Crippen LogP) is 2.09. The van der Waals surface area contributed by atoms with Gasteiger partial charge in [-0.2, -0.15) is 5.26 Å². The van der Waals surface area contributed by atoms with E-state index in [1.165, 1.54) is 6.20 Å². The molecule has 2 aromatic rings. The van der Waals surface area contributed by atoms with Crippen LogP contribution < -0.4 is 15.0 Å². The molecule has 2 aromatic heterocycles. The molecule has 0 aromatic carbocycles. The molecule has 0 spiro atoms. The SMILES string of the molecule is CN(C)c1ccc(OCC(=O)Nc2ccc(Cl)cn2)c(C#N)n1. The Kier molecular flexibility index (Phi) is 5.33. The maximum atomic E-state index is 11.8. The van der Waals surface area contributed by atoms with Crippen LogP contribution in [-0.4, -0.2) is 36.6 Å². The molecule has 7 nitrogen and oxygen atoms in total. The van der Waals surface area contributed by atoms with Crippen LogP contribution in [0.25, 0.3) is 0 Å². The lowest BCUT2D eigenvalue weighted by Gasteiger charge is -2.13. The molecule has 118 valence electrons. The first kappa shape index (κ1) is 16.5. The number of rotatable bonds is 5. The summed E-state index contributed by atoms with van der Waals surface area (Å²) in [6.45, 7) is -0.262. The molecule has 0 saturated heterocycles. The van der Waals surface area contributed by atoms with E-state index in [2.05, 4.69) is 15.3 Å². The quantitative estimate of drug-likeness (QED) is 0.902. The van der Waals surface area contributed by atoms with Gasteiger partial charge in [0.05, 0.1) is 5.02 Å². The van der Waals surface area contributed by atoms with Gasteiger partial charge in [0.15, 0.2) is 18.1 Å². The summed E-state index contributed by atoms with van der Waals surface area (Å²) in [4.78, 5) is 21.7. The second-order valence-corrected chi connectivity index (χ2v) is 5.16. The lowest BCUT2D eigenvalue weighted by atomic mass is 10.3. The Labute approximate surface area is 138 Å². The molecule has 0 fully saturated rings. The number of carbonyl (C=O) groups excluding carboxylic acids is 1. The van der Waals surface area contributed by atoms with Crippen LogP contribution >= 0.6 is 11.6 Å². The van der Waals surface area contributed by atoms with E-state index < -0.39 is 5.91 Å². The molecule has 1 N–H and O–H groups in total. The summed E-state index contributed by atoms with van der Waals surface area (Å²) in [6.07, 6.45) is 1.43. The largest absolute Gasteiger partial charge is 0.481 e. The highest BCUT2D eigenvalue weighted by Gasteiger charge is 2.10. The number of aromatic nitrogens is 2. The zero-order chi connectivity index (χ0) is 16.8. The zero-order valence-corrected chi connectivity index (χ0v) is 13.3. The molecule has 0 aliphatic heterocycles. The van der Waals surface area contributed by atoms with E-state index in [9.17, 15) is 4.79 Å². The fourth-order valence-corrected chi connectivity index (χ4v) is 1.77. The first-order valence-corrected chi connectivity index (χ1v) is 7.00. The molecule has 1 amide bonds. The number of carbonyl (C=O) groups is 1. The Morgan fingerprint density at radius 1 is 1.39 bits per heavy atom. The Morgan fingerprint density at radius 3 is 2.78 bits per heavy atom. The highest BCUT2D eigenvalue weighted by Crippen LogP contribution is 2.19. The molecule has 0 unspecified atom stereocenters.